The second-order valence-corrected chi connectivity index (χ2v) is 7.01. The molecule has 0 spiro atoms. The third-order valence-corrected chi connectivity index (χ3v) is 5.86. The van der Waals surface area contributed by atoms with Crippen molar-refractivity contribution < 1.29 is 9.53 Å². The Labute approximate surface area is 140 Å². The van der Waals surface area contributed by atoms with Crippen molar-refractivity contribution in [1.29, 1.82) is 0 Å². The largest absolute Gasteiger partial charge is 0.381 e. The van der Waals surface area contributed by atoms with Crippen LogP contribution in [0.25, 0.3) is 0 Å². The molecule has 0 saturated carbocycles. The van der Waals surface area contributed by atoms with E-state index in [1.807, 2.05) is 18.4 Å². The molecule has 0 N–H and O–H groups in total. The van der Waals surface area contributed by atoms with Crippen LogP contribution in [0.3, 0.4) is 0 Å². The predicted molar refractivity (Wildman–Crippen MR) is 89.8 cm³/mol. The zero-order chi connectivity index (χ0) is 15.8. The van der Waals surface area contributed by atoms with Crippen LogP contribution in [-0.4, -0.2) is 41.0 Å². The molecule has 4 rings (SSSR count). The Morgan fingerprint density at radius 2 is 2.17 bits per heavy atom. The van der Waals surface area contributed by atoms with Crippen molar-refractivity contribution in [1.82, 2.24) is 9.27 Å². The average Bonchev–Trinajstić information content (AvgIpc) is 3.19. The van der Waals surface area contributed by atoms with Crippen molar-refractivity contribution in [2.24, 2.45) is 5.92 Å². The number of likely N-dealkylation sites (tertiary alicyclic amines) is 1. The predicted octanol–water partition coefficient (Wildman–Crippen LogP) is 3.10. The Kier molecular flexibility index (Phi) is 3.91. The van der Waals surface area contributed by atoms with Crippen LogP contribution in [-0.2, 0) is 4.74 Å². The number of ether oxygens (including phenoxy) is 1. The quantitative estimate of drug-likeness (QED) is 0.851. The normalized spacial score (nSPS) is 27.0. The van der Waals surface area contributed by atoms with E-state index < -0.39 is 0 Å². The smallest absolute Gasteiger partial charge is 0.256 e. The maximum Gasteiger partial charge on any atom is 0.256 e. The van der Waals surface area contributed by atoms with Crippen LogP contribution in [0.1, 0.15) is 34.0 Å². The zero-order valence-electron chi connectivity index (χ0n) is 13.1. The molecule has 0 aliphatic carbocycles. The summed E-state index contributed by atoms with van der Waals surface area (Å²) in [6.45, 7) is 4.18. The van der Waals surface area contributed by atoms with Gasteiger partial charge in [0.05, 0.1) is 17.9 Å². The third kappa shape index (κ3) is 2.58. The Hall–Kier alpha value is -1.72. The molecule has 0 unspecified atom stereocenters. The third-order valence-electron chi connectivity index (χ3n) is 5.14. The standard InChI is InChI=1S/C18H20N2O2S/c1-12-16(11-23-19-12)18(21)20-9-14(13-5-3-2-4-6-13)15-10-22-8-7-17(15)20/h2-6,11,14-15,17H,7-10H2,1H3/t14-,15+,17-/m1/s1. The molecule has 0 radical (unpaired) electrons. The summed E-state index contributed by atoms with van der Waals surface area (Å²) >= 11 is 1.36. The van der Waals surface area contributed by atoms with Gasteiger partial charge in [-0.25, -0.2) is 0 Å². The zero-order valence-corrected chi connectivity index (χ0v) is 14.0. The molecule has 1 aromatic heterocycles. The lowest BCUT2D eigenvalue weighted by Gasteiger charge is -2.32. The molecular formula is C18H20N2O2S. The van der Waals surface area contributed by atoms with Gasteiger partial charge in [-0.05, 0) is 30.4 Å². The molecule has 1 aromatic carbocycles. The van der Waals surface area contributed by atoms with E-state index in [1.54, 1.807) is 0 Å². The van der Waals surface area contributed by atoms with E-state index in [0.717, 1.165) is 37.4 Å². The van der Waals surface area contributed by atoms with Crippen LogP contribution in [0, 0.1) is 12.8 Å². The molecule has 0 bridgehead atoms. The van der Waals surface area contributed by atoms with Crippen molar-refractivity contribution in [3.8, 4) is 0 Å². The Morgan fingerprint density at radius 1 is 1.35 bits per heavy atom. The SMILES string of the molecule is Cc1nscc1C(=O)N1C[C@H](c2ccccc2)[C@@H]2COCC[C@H]21. The first-order chi connectivity index (χ1) is 11.3. The molecular weight excluding hydrogens is 308 g/mol. The van der Waals surface area contributed by atoms with Gasteiger partial charge in [0.25, 0.3) is 5.91 Å². The summed E-state index contributed by atoms with van der Waals surface area (Å²) < 4.78 is 9.99. The molecule has 1 amide bonds. The number of carbonyl (C=O) groups excluding carboxylic acids is 1. The van der Waals surface area contributed by atoms with Gasteiger partial charge in [0, 0.05) is 36.4 Å². The lowest BCUT2D eigenvalue weighted by Crippen LogP contribution is -2.42. The van der Waals surface area contributed by atoms with Gasteiger partial charge < -0.3 is 9.64 Å². The molecule has 3 atom stereocenters. The highest BCUT2D eigenvalue weighted by atomic mass is 32.1. The number of benzene rings is 1. The van der Waals surface area contributed by atoms with E-state index in [1.165, 1.54) is 17.1 Å². The summed E-state index contributed by atoms with van der Waals surface area (Å²) in [7, 11) is 0. The van der Waals surface area contributed by atoms with E-state index in [-0.39, 0.29) is 11.9 Å². The van der Waals surface area contributed by atoms with Gasteiger partial charge in [-0.1, -0.05) is 30.3 Å². The monoisotopic (exact) mass is 328 g/mol. The van der Waals surface area contributed by atoms with E-state index in [9.17, 15) is 4.79 Å². The van der Waals surface area contributed by atoms with Gasteiger partial charge in [0.15, 0.2) is 0 Å². The minimum absolute atomic E-state index is 0.131. The van der Waals surface area contributed by atoms with Crippen LogP contribution >= 0.6 is 11.5 Å². The van der Waals surface area contributed by atoms with Gasteiger partial charge in [-0.15, -0.1) is 0 Å². The fraction of sp³-hybridized carbons (Fsp3) is 0.444. The van der Waals surface area contributed by atoms with E-state index in [0.29, 0.717) is 11.8 Å². The van der Waals surface area contributed by atoms with Crippen molar-refractivity contribution in [3.05, 3.63) is 52.5 Å². The number of aromatic nitrogens is 1. The Bertz CT molecular complexity index is 700. The highest BCUT2D eigenvalue weighted by Gasteiger charge is 2.46. The molecule has 5 heteroatoms. The fourth-order valence-corrected chi connectivity index (χ4v) is 4.63. The Balaban J connectivity index is 1.66. The maximum absolute atomic E-state index is 13.0. The minimum atomic E-state index is 0.131. The molecule has 3 heterocycles. The summed E-state index contributed by atoms with van der Waals surface area (Å²) in [5.74, 6) is 0.880. The molecule has 120 valence electrons. The van der Waals surface area contributed by atoms with Crippen LogP contribution in [0.15, 0.2) is 35.7 Å². The molecule has 4 nitrogen and oxygen atoms in total. The second kappa shape index (κ2) is 6.06. The summed E-state index contributed by atoms with van der Waals surface area (Å²) in [5.41, 5.74) is 2.91. The lowest BCUT2D eigenvalue weighted by molar-refractivity contribution is 0.0188. The summed E-state index contributed by atoms with van der Waals surface area (Å²) in [6, 6.07) is 10.8. The van der Waals surface area contributed by atoms with E-state index in [2.05, 4.69) is 33.5 Å². The first-order valence-electron chi connectivity index (χ1n) is 8.10. The molecule has 2 saturated heterocycles. The van der Waals surface area contributed by atoms with Crippen LogP contribution in [0.2, 0.25) is 0 Å². The molecule has 23 heavy (non-hydrogen) atoms. The van der Waals surface area contributed by atoms with Crippen molar-refractivity contribution in [2.75, 3.05) is 19.8 Å². The number of hydrogen-bond donors (Lipinski definition) is 0. The average molecular weight is 328 g/mol. The lowest BCUT2D eigenvalue weighted by atomic mass is 9.84. The summed E-state index contributed by atoms with van der Waals surface area (Å²) in [5, 5.41) is 1.88. The molecule has 2 fully saturated rings. The molecule has 2 aliphatic heterocycles. The highest BCUT2D eigenvalue weighted by Crippen LogP contribution is 2.41. The summed E-state index contributed by atoms with van der Waals surface area (Å²) in [4.78, 5) is 15.1. The maximum atomic E-state index is 13.0. The number of fused-ring (bicyclic) bond motifs is 1. The van der Waals surface area contributed by atoms with Crippen LogP contribution in [0.4, 0.5) is 0 Å². The van der Waals surface area contributed by atoms with Gasteiger partial charge >= 0.3 is 0 Å². The van der Waals surface area contributed by atoms with E-state index in [4.69, 9.17) is 4.74 Å². The first-order valence-corrected chi connectivity index (χ1v) is 8.94. The Morgan fingerprint density at radius 3 is 2.91 bits per heavy atom. The summed E-state index contributed by atoms with van der Waals surface area (Å²) in [6.07, 6.45) is 0.927. The van der Waals surface area contributed by atoms with Gasteiger partial charge in [0.1, 0.15) is 0 Å². The van der Waals surface area contributed by atoms with Crippen molar-refractivity contribution in [2.45, 2.75) is 25.3 Å². The van der Waals surface area contributed by atoms with E-state index >= 15 is 0 Å². The van der Waals surface area contributed by atoms with Gasteiger partial charge in [-0.2, -0.15) is 4.37 Å². The fourth-order valence-electron chi connectivity index (χ4n) is 3.94. The number of nitrogens with zero attached hydrogens (tertiary/aromatic N) is 2. The number of hydrogen-bond acceptors (Lipinski definition) is 4. The number of amides is 1. The number of rotatable bonds is 2. The van der Waals surface area contributed by atoms with Gasteiger partial charge in [0.2, 0.25) is 0 Å². The van der Waals surface area contributed by atoms with Crippen molar-refractivity contribution in [3.63, 3.8) is 0 Å². The highest BCUT2D eigenvalue weighted by molar-refractivity contribution is 7.03. The second-order valence-electron chi connectivity index (χ2n) is 6.38. The van der Waals surface area contributed by atoms with Gasteiger partial charge in [-0.3, -0.25) is 4.79 Å². The van der Waals surface area contributed by atoms with Crippen LogP contribution in [0.5, 0.6) is 0 Å². The van der Waals surface area contributed by atoms with Crippen LogP contribution < -0.4 is 0 Å². The minimum Gasteiger partial charge on any atom is -0.381 e. The number of carbonyl (C=O) groups is 1. The topological polar surface area (TPSA) is 42.4 Å². The first kappa shape index (κ1) is 14.8. The molecule has 2 aliphatic rings. The number of aryl methyl sites for hydroxylation is 1. The molecule has 2 aromatic rings. The van der Waals surface area contributed by atoms with Crippen molar-refractivity contribution >= 4 is 17.4 Å².